The van der Waals surface area contributed by atoms with E-state index in [1.807, 2.05) is 84.9 Å². The maximum Gasteiger partial charge on any atom is 0.333 e. The molecule has 0 fully saturated rings. The second kappa shape index (κ2) is 10.2. The van der Waals surface area contributed by atoms with Crippen LogP contribution in [0, 0.1) is 0 Å². The van der Waals surface area contributed by atoms with Crippen LogP contribution in [-0.2, 0) is 22.7 Å². The molecule has 28 heavy (non-hydrogen) atoms. The molecule has 0 aliphatic carbocycles. The second-order valence-electron chi connectivity index (χ2n) is 6.15. The van der Waals surface area contributed by atoms with Crippen LogP contribution in [0.2, 0.25) is 0 Å². The third kappa shape index (κ3) is 5.66. The van der Waals surface area contributed by atoms with Gasteiger partial charge in [-0.05, 0) is 28.8 Å². The molecule has 1 unspecified atom stereocenters. The summed E-state index contributed by atoms with van der Waals surface area (Å²) in [7, 11) is 0. The van der Waals surface area contributed by atoms with Crippen molar-refractivity contribution in [3.8, 4) is 5.75 Å². The van der Waals surface area contributed by atoms with Crippen LogP contribution in [0.1, 0.15) is 22.7 Å². The van der Waals surface area contributed by atoms with E-state index in [9.17, 15) is 4.79 Å². The number of thiocarbonyl (C=S) groups is 1. The van der Waals surface area contributed by atoms with E-state index < -0.39 is 6.04 Å². The van der Waals surface area contributed by atoms with Gasteiger partial charge in [0.2, 0.25) is 0 Å². The van der Waals surface area contributed by atoms with Crippen molar-refractivity contribution in [2.45, 2.75) is 19.3 Å². The lowest BCUT2D eigenvalue weighted by atomic mass is 10.1. The van der Waals surface area contributed by atoms with Crippen LogP contribution in [0.25, 0.3) is 0 Å². The van der Waals surface area contributed by atoms with Crippen molar-refractivity contribution in [3.63, 3.8) is 0 Å². The van der Waals surface area contributed by atoms with E-state index in [1.165, 1.54) is 5.49 Å². The molecule has 0 aromatic heterocycles. The minimum atomic E-state index is -0.663. The number of ether oxygens (including phenoxy) is 2. The van der Waals surface area contributed by atoms with E-state index in [0.29, 0.717) is 6.61 Å². The highest BCUT2D eigenvalue weighted by Crippen LogP contribution is 2.20. The zero-order valence-electron chi connectivity index (χ0n) is 15.3. The maximum absolute atomic E-state index is 12.5. The van der Waals surface area contributed by atoms with Crippen molar-refractivity contribution >= 4 is 23.7 Å². The molecule has 1 N–H and O–H groups in total. The Bertz CT molecular complexity index is 883. The van der Waals surface area contributed by atoms with Crippen LogP contribution in [0.3, 0.4) is 0 Å². The predicted molar refractivity (Wildman–Crippen MR) is 113 cm³/mol. The fourth-order valence-corrected chi connectivity index (χ4v) is 2.81. The molecule has 0 saturated heterocycles. The molecule has 5 heteroatoms. The molecular formula is C23H21NO3S. The van der Waals surface area contributed by atoms with E-state index in [1.54, 1.807) is 0 Å². The lowest BCUT2D eigenvalue weighted by molar-refractivity contribution is -0.147. The fraction of sp³-hybridized carbons (Fsp3) is 0.130. The first kappa shape index (κ1) is 19.6. The molecule has 3 aromatic carbocycles. The Morgan fingerprint density at radius 1 is 0.857 bits per heavy atom. The van der Waals surface area contributed by atoms with E-state index in [4.69, 9.17) is 21.7 Å². The average molecular weight is 391 g/mol. The Hall–Kier alpha value is -3.18. The minimum Gasteiger partial charge on any atom is -0.489 e. The molecule has 142 valence electrons. The molecule has 0 saturated carbocycles. The molecular weight excluding hydrogens is 370 g/mol. The molecule has 0 radical (unpaired) electrons. The number of carbonyl (C=O) groups is 1. The molecule has 4 nitrogen and oxygen atoms in total. The van der Waals surface area contributed by atoms with Gasteiger partial charge in [0.25, 0.3) is 0 Å². The van der Waals surface area contributed by atoms with Crippen molar-refractivity contribution < 1.29 is 14.3 Å². The van der Waals surface area contributed by atoms with E-state index in [2.05, 4.69) is 5.32 Å². The molecule has 0 amide bonds. The first-order valence-corrected chi connectivity index (χ1v) is 9.40. The van der Waals surface area contributed by atoms with Gasteiger partial charge < -0.3 is 14.8 Å². The van der Waals surface area contributed by atoms with Gasteiger partial charge >= 0.3 is 5.97 Å². The summed E-state index contributed by atoms with van der Waals surface area (Å²) in [6.07, 6.45) is 0. The van der Waals surface area contributed by atoms with Crippen molar-refractivity contribution in [2.24, 2.45) is 0 Å². The normalized spacial score (nSPS) is 11.3. The van der Waals surface area contributed by atoms with Crippen molar-refractivity contribution in [2.75, 3.05) is 0 Å². The quantitative estimate of drug-likeness (QED) is 0.427. The van der Waals surface area contributed by atoms with E-state index in [-0.39, 0.29) is 12.6 Å². The number of hydrogen-bond acceptors (Lipinski definition) is 4. The Labute approximate surface area is 170 Å². The molecule has 1 atom stereocenters. The van der Waals surface area contributed by atoms with Gasteiger partial charge in [-0.15, -0.1) is 0 Å². The summed E-state index contributed by atoms with van der Waals surface area (Å²) in [5, 5.41) is 2.89. The maximum atomic E-state index is 12.5. The van der Waals surface area contributed by atoms with Crippen LogP contribution in [0.4, 0.5) is 0 Å². The first-order chi connectivity index (χ1) is 13.8. The SMILES string of the molecule is O=C(OCc1ccccc1)C(NC=S)c1ccc(OCc2ccccc2)cc1. The molecule has 3 rings (SSSR count). The number of carbonyl (C=O) groups excluding carboxylic acids is 1. The molecule has 0 bridgehead atoms. The number of hydrogen-bond donors (Lipinski definition) is 1. The van der Waals surface area contributed by atoms with Gasteiger partial charge in [-0.2, -0.15) is 0 Å². The third-order valence-electron chi connectivity index (χ3n) is 4.16. The van der Waals surface area contributed by atoms with Crippen LogP contribution in [0.15, 0.2) is 84.9 Å². The van der Waals surface area contributed by atoms with Crippen LogP contribution in [-0.4, -0.2) is 11.5 Å². The second-order valence-corrected chi connectivity index (χ2v) is 6.39. The zero-order valence-corrected chi connectivity index (χ0v) is 16.1. The molecule has 0 aliphatic heterocycles. The smallest absolute Gasteiger partial charge is 0.333 e. The van der Waals surface area contributed by atoms with Gasteiger partial charge in [-0.25, -0.2) is 4.79 Å². The summed E-state index contributed by atoms with van der Waals surface area (Å²) in [6.45, 7) is 0.703. The van der Waals surface area contributed by atoms with Crippen molar-refractivity contribution in [1.82, 2.24) is 5.32 Å². The van der Waals surface area contributed by atoms with Gasteiger partial charge in [0, 0.05) is 0 Å². The summed E-state index contributed by atoms with van der Waals surface area (Å²) in [5.74, 6) is 0.342. The van der Waals surface area contributed by atoms with Crippen molar-refractivity contribution in [1.29, 1.82) is 0 Å². The predicted octanol–water partition coefficient (Wildman–Crippen LogP) is 4.60. The van der Waals surface area contributed by atoms with Gasteiger partial charge in [0.15, 0.2) is 6.04 Å². The first-order valence-electron chi connectivity index (χ1n) is 8.93. The summed E-state index contributed by atoms with van der Waals surface area (Å²) >= 11 is 4.88. The molecule has 0 spiro atoms. The highest BCUT2D eigenvalue weighted by molar-refractivity contribution is 7.78. The molecule has 0 heterocycles. The average Bonchev–Trinajstić information content (AvgIpc) is 2.76. The van der Waals surface area contributed by atoms with Gasteiger partial charge in [-0.3, -0.25) is 0 Å². The minimum absolute atomic E-state index is 0.216. The summed E-state index contributed by atoms with van der Waals surface area (Å²) < 4.78 is 11.2. The number of esters is 1. The monoisotopic (exact) mass is 391 g/mol. The summed E-state index contributed by atoms with van der Waals surface area (Å²) in [4.78, 5) is 12.5. The Morgan fingerprint density at radius 3 is 2.00 bits per heavy atom. The fourth-order valence-electron chi connectivity index (χ4n) is 2.68. The Balaban J connectivity index is 1.61. The molecule has 0 aliphatic rings. The Kier molecular flexibility index (Phi) is 7.15. The third-order valence-corrected chi connectivity index (χ3v) is 4.29. The number of rotatable bonds is 9. The Morgan fingerprint density at radius 2 is 1.43 bits per heavy atom. The van der Waals surface area contributed by atoms with Crippen LogP contribution in [0.5, 0.6) is 5.75 Å². The van der Waals surface area contributed by atoms with Crippen LogP contribution < -0.4 is 10.1 Å². The van der Waals surface area contributed by atoms with Gasteiger partial charge in [0.05, 0.1) is 5.49 Å². The van der Waals surface area contributed by atoms with Gasteiger partial charge in [-0.1, -0.05) is 85.0 Å². The summed E-state index contributed by atoms with van der Waals surface area (Å²) in [6, 6.07) is 26.2. The van der Waals surface area contributed by atoms with E-state index >= 15 is 0 Å². The van der Waals surface area contributed by atoms with E-state index in [0.717, 1.165) is 22.4 Å². The number of nitrogens with one attached hydrogen (secondary N) is 1. The van der Waals surface area contributed by atoms with Crippen molar-refractivity contribution in [3.05, 3.63) is 102 Å². The largest absolute Gasteiger partial charge is 0.489 e. The standard InChI is InChI=1S/C23H21NO3S/c25-23(27-16-19-9-5-2-6-10-19)22(24-17-28)20-11-13-21(14-12-20)26-15-18-7-3-1-4-8-18/h1-14,17,22H,15-16H2,(H,24,28). The molecule has 3 aromatic rings. The topological polar surface area (TPSA) is 47.6 Å². The lowest BCUT2D eigenvalue weighted by Crippen LogP contribution is -2.28. The number of benzene rings is 3. The highest BCUT2D eigenvalue weighted by atomic mass is 32.1. The zero-order chi connectivity index (χ0) is 19.6. The highest BCUT2D eigenvalue weighted by Gasteiger charge is 2.21. The van der Waals surface area contributed by atoms with Gasteiger partial charge in [0.1, 0.15) is 19.0 Å². The van der Waals surface area contributed by atoms with Crippen LogP contribution >= 0.6 is 12.2 Å². The lowest BCUT2D eigenvalue weighted by Gasteiger charge is -2.17. The summed E-state index contributed by atoms with van der Waals surface area (Å²) in [5.41, 5.74) is 4.11.